The van der Waals surface area contributed by atoms with Crippen molar-refractivity contribution in [2.45, 2.75) is 25.9 Å². The van der Waals surface area contributed by atoms with Crippen molar-refractivity contribution >= 4 is 17.9 Å². The molecule has 7 heteroatoms. The number of hydrogen-bond acceptors (Lipinski definition) is 4. The Morgan fingerprint density at radius 3 is 2.52 bits per heavy atom. The first-order valence-electron chi connectivity index (χ1n) is 7.08. The zero-order chi connectivity index (χ0) is 17.2. The summed E-state index contributed by atoms with van der Waals surface area (Å²) in [6.07, 6.45) is 0.255. The third-order valence-corrected chi connectivity index (χ3v) is 2.93. The molecular weight excluding hydrogens is 298 g/mol. The molecule has 0 aliphatic heterocycles. The molecule has 0 fully saturated rings. The van der Waals surface area contributed by atoms with E-state index in [0.717, 1.165) is 11.1 Å². The minimum atomic E-state index is -1.09. The fraction of sp³-hybridized carbons (Fsp3) is 0.312. The molecule has 1 rings (SSSR count). The van der Waals surface area contributed by atoms with Gasteiger partial charge in [0.1, 0.15) is 12.6 Å². The SMILES string of the molecule is C=CCOC(=O)N[C@@H](CC(N)=O)C(=O)NCc1ccc(C)cc1. The van der Waals surface area contributed by atoms with Crippen molar-refractivity contribution in [3.63, 3.8) is 0 Å². The second-order valence-corrected chi connectivity index (χ2v) is 4.96. The molecule has 0 aliphatic carbocycles. The van der Waals surface area contributed by atoms with Gasteiger partial charge in [-0.3, -0.25) is 9.59 Å². The Morgan fingerprint density at radius 2 is 1.96 bits per heavy atom. The fourth-order valence-electron chi connectivity index (χ4n) is 1.75. The van der Waals surface area contributed by atoms with E-state index >= 15 is 0 Å². The molecule has 1 aromatic carbocycles. The number of benzene rings is 1. The zero-order valence-electron chi connectivity index (χ0n) is 13.0. The van der Waals surface area contributed by atoms with Crippen LogP contribution in [0.2, 0.25) is 0 Å². The second kappa shape index (κ2) is 9.24. The summed E-state index contributed by atoms with van der Waals surface area (Å²) in [7, 11) is 0. The first-order chi connectivity index (χ1) is 10.9. The van der Waals surface area contributed by atoms with Crippen LogP contribution in [0.3, 0.4) is 0 Å². The van der Waals surface area contributed by atoms with E-state index in [-0.39, 0.29) is 19.6 Å². The lowest BCUT2D eigenvalue weighted by Crippen LogP contribution is -2.48. The zero-order valence-corrected chi connectivity index (χ0v) is 13.0. The average Bonchev–Trinajstić information content (AvgIpc) is 2.51. The van der Waals surface area contributed by atoms with E-state index in [1.54, 1.807) is 0 Å². The minimum Gasteiger partial charge on any atom is -0.445 e. The lowest BCUT2D eigenvalue weighted by atomic mass is 10.1. The largest absolute Gasteiger partial charge is 0.445 e. The van der Waals surface area contributed by atoms with Crippen molar-refractivity contribution in [2.24, 2.45) is 5.73 Å². The molecule has 0 saturated carbocycles. The van der Waals surface area contributed by atoms with E-state index in [0.29, 0.717) is 0 Å². The van der Waals surface area contributed by atoms with Gasteiger partial charge in [0, 0.05) is 6.54 Å². The predicted molar refractivity (Wildman–Crippen MR) is 85.3 cm³/mol. The van der Waals surface area contributed by atoms with Crippen LogP contribution in [-0.4, -0.2) is 30.6 Å². The van der Waals surface area contributed by atoms with Crippen LogP contribution in [0.5, 0.6) is 0 Å². The maximum Gasteiger partial charge on any atom is 0.408 e. The lowest BCUT2D eigenvalue weighted by molar-refractivity contribution is -0.127. The van der Waals surface area contributed by atoms with Crippen molar-refractivity contribution in [1.82, 2.24) is 10.6 Å². The molecule has 4 N–H and O–H groups in total. The van der Waals surface area contributed by atoms with Gasteiger partial charge in [0.25, 0.3) is 0 Å². The highest BCUT2D eigenvalue weighted by atomic mass is 16.5. The second-order valence-electron chi connectivity index (χ2n) is 4.96. The molecule has 0 bridgehead atoms. The summed E-state index contributed by atoms with van der Waals surface area (Å²) >= 11 is 0. The minimum absolute atomic E-state index is 0.000109. The standard InChI is InChI=1S/C16H21N3O4/c1-3-8-23-16(22)19-13(9-14(17)20)15(21)18-10-12-6-4-11(2)5-7-12/h3-7,13H,1,8-10H2,2H3,(H2,17,20)(H,18,21)(H,19,22)/t13-/m0/s1. The number of rotatable bonds is 8. The van der Waals surface area contributed by atoms with Gasteiger partial charge in [-0.2, -0.15) is 0 Å². The topological polar surface area (TPSA) is 111 Å². The summed E-state index contributed by atoms with van der Waals surface area (Å²) in [6, 6.07) is 6.52. The number of aryl methyl sites for hydroxylation is 1. The van der Waals surface area contributed by atoms with Gasteiger partial charge in [-0.05, 0) is 12.5 Å². The van der Waals surface area contributed by atoms with Gasteiger partial charge in [0.2, 0.25) is 11.8 Å². The average molecular weight is 319 g/mol. The molecule has 0 saturated heterocycles. The van der Waals surface area contributed by atoms with E-state index in [9.17, 15) is 14.4 Å². The molecule has 0 unspecified atom stereocenters. The Hall–Kier alpha value is -2.83. The number of alkyl carbamates (subject to hydrolysis) is 1. The maximum absolute atomic E-state index is 12.1. The van der Waals surface area contributed by atoms with Crippen LogP contribution in [-0.2, 0) is 20.9 Å². The van der Waals surface area contributed by atoms with Gasteiger partial charge < -0.3 is 21.1 Å². The van der Waals surface area contributed by atoms with Crippen molar-refractivity contribution in [3.8, 4) is 0 Å². The predicted octanol–water partition coefficient (Wildman–Crippen LogP) is 0.767. The van der Waals surface area contributed by atoms with E-state index in [1.807, 2.05) is 31.2 Å². The number of amides is 3. The monoisotopic (exact) mass is 319 g/mol. The molecule has 0 heterocycles. The number of carbonyl (C=O) groups is 3. The number of nitrogens with two attached hydrogens (primary N) is 1. The summed E-state index contributed by atoms with van der Waals surface area (Å²) < 4.78 is 4.73. The number of hydrogen-bond donors (Lipinski definition) is 3. The van der Waals surface area contributed by atoms with Crippen LogP contribution in [0.1, 0.15) is 17.5 Å². The van der Waals surface area contributed by atoms with Crippen LogP contribution in [0.4, 0.5) is 4.79 Å². The molecule has 124 valence electrons. The summed E-state index contributed by atoms with van der Waals surface area (Å²) in [5.41, 5.74) is 7.11. The highest BCUT2D eigenvalue weighted by Gasteiger charge is 2.23. The summed E-state index contributed by atoms with van der Waals surface area (Å²) in [5.74, 6) is -1.22. The summed E-state index contributed by atoms with van der Waals surface area (Å²) in [4.78, 5) is 34.7. The normalized spacial score (nSPS) is 11.2. The first-order valence-corrected chi connectivity index (χ1v) is 7.08. The van der Waals surface area contributed by atoms with Crippen LogP contribution in [0, 0.1) is 6.92 Å². The highest BCUT2D eigenvalue weighted by Crippen LogP contribution is 2.03. The smallest absolute Gasteiger partial charge is 0.408 e. The Bertz CT molecular complexity index is 569. The van der Waals surface area contributed by atoms with E-state index in [2.05, 4.69) is 17.2 Å². The molecule has 0 aromatic heterocycles. The number of nitrogens with one attached hydrogen (secondary N) is 2. The third kappa shape index (κ3) is 7.12. The molecule has 0 spiro atoms. The summed E-state index contributed by atoms with van der Waals surface area (Å²) in [6.45, 7) is 5.64. The van der Waals surface area contributed by atoms with E-state index in [1.165, 1.54) is 6.08 Å². The molecular formula is C16H21N3O4. The van der Waals surface area contributed by atoms with Gasteiger partial charge >= 0.3 is 6.09 Å². The molecule has 1 aromatic rings. The van der Waals surface area contributed by atoms with Crippen LogP contribution in [0.25, 0.3) is 0 Å². The van der Waals surface area contributed by atoms with E-state index < -0.39 is 23.9 Å². The molecule has 3 amide bonds. The third-order valence-electron chi connectivity index (χ3n) is 2.93. The van der Waals surface area contributed by atoms with Crippen LogP contribution in [0.15, 0.2) is 36.9 Å². The quantitative estimate of drug-likeness (QED) is 0.614. The van der Waals surface area contributed by atoms with Crippen molar-refractivity contribution < 1.29 is 19.1 Å². The highest BCUT2D eigenvalue weighted by molar-refractivity contribution is 5.90. The van der Waals surface area contributed by atoms with Crippen molar-refractivity contribution in [3.05, 3.63) is 48.0 Å². The Labute approximate surface area is 134 Å². The maximum atomic E-state index is 12.1. The Morgan fingerprint density at radius 1 is 1.30 bits per heavy atom. The molecule has 23 heavy (non-hydrogen) atoms. The first kappa shape index (κ1) is 18.2. The Balaban J connectivity index is 2.60. The van der Waals surface area contributed by atoms with Gasteiger partial charge in [0.15, 0.2) is 0 Å². The van der Waals surface area contributed by atoms with Gasteiger partial charge in [-0.1, -0.05) is 42.5 Å². The number of ether oxygens (including phenoxy) is 1. The molecule has 0 radical (unpaired) electrons. The van der Waals surface area contributed by atoms with Gasteiger partial charge in [-0.15, -0.1) is 0 Å². The fourth-order valence-corrected chi connectivity index (χ4v) is 1.75. The van der Waals surface area contributed by atoms with Crippen molar-refractivity contribution in [2.75, 3.05) is 6.61 Å². The molecule has 7 nitrogen and oxygen atoms in total. The summed E-state index contributed by atoms with van der Waals surface area (Å²) in [5, 5.41) is 4.95. The van der Waals surface area contributed by atoms with Crippen LogP contribution >= 0.6 is 0 Å². The van der Waals surface area contributed by atoms with Crippen molar-refractivity contribution in [1.29, 1.82) is 0 Å². The number of carbonyl (C=O) groups excluding carboxylic acids is 3. The molecule has 1 atom stereocenters. The lowest BCUT2D eigenvalue weighted by Gasteiger charge is -2.17. The van der Waals surface area contributed by atoms with E-state index in [4.69, 9.17) is 10.5 Å². The Kier molecular flexibility index (Phi) is 7.32. The van der Waals surface area contributed by atoms with Gasteiger partial charge in [0.05, 0.1) is 6.42 Å². The van der Waals surface area contributed by atoms with Crippen LogP contribution < -0.4 is 16.4 Å². The van der Waals surface area contributed by atoms with Gasteiger partial charge in [-0.25, -0.2) is 4.79 Å². The molecule has 0 aliphatic rings. The number of primary amides is 1.